The highest BCUT2D eigenvalue weighted by molar-refractivity contribution is 5.28. The third-order valence-electron chi connectivity index (χ3n) is 3.53. The maximum Gasteiger partial charge on any atom is 0.0597 e. The van der Waals surface area contributed by atoms with Gasteiger partial charge >= 0.3 is 0 Å². The molecule has 2 rings (SSSR count). The standard InChI is InChI=1S/C16H23N3/c1-5-19-15(10-13(3)18-19)11-17-14(4)16-9-7-6-8-12(16)2/h6-10,14,17H,5,11H2,1-4H3. The van der Waals surface area contributed by atoms with Crippen LogP contribution in [0.2, 0.25) is 0 Å². The number of hydrogen-bond donors (Lipinski definition) is 1. The van der Waals surface area contributed by atoms with Crippen LogP contribution in [0, 0.1) is 13.8 Å². The highest BCUT2D eigenvalue weighted by Gasteiger charge is 2.09. The summed E-state index contributed by atoms with van der Waals surface area (Å²) >= 11 is 0. The summed E-state index contributed by atoms with van der Waals surface area (Å²) in [4.78, 5) is 0. The van der Waals surface area contributed by atoms with Gasteiger partial charge in [-0.2, -0.15) is 5.10 Å². The molecule has 0 saturated heterocycles. The minimum atomic E-state index is 0.349. The summed E-state index contributed by atoms with van der Waals surface area (Å²) in [6.45, 7) is 10.3. The van der Waals surface area contributed by atoms with Crippen molar-refractivity contribution >= 4 is 0 Å². The largest absolute Gasteiger partial charge is 0.305 e. The summed E-state index contributed by atoms with van der Waals surface area (Å²) in [6.07, 6.45) is 0. The fourth-order valence-electron chi connectivity index (χ4n) is 2.46. The van der Waals surface area contributed by atoms with Gasteiger partial charge in [-0.3, -0.25) is 4.68 Å². The number of aryl methyl sites for hydroxylation is 3. The molecule has 1 N–H and O–H groups in total. The van der Waals surface area contributed by atoms with Crippen LogP contribution >= 0.6 is 0 Å². The van der Waals surface area contributed by atoms with Crippen LogP contribution in [0.25, 0.3) is 0 Å². The number of hydrogen-bond acceptors (Lipinski definition) is 2. The van der Waals surface area contributed by atoms with Crippen molar-refractivity contribution in [3.63, 3.8) is 0 Å². The maximum atomic E-state index is 4.47. The fraction of sp³-hybridized carbons (Fsp3) is 0.438. The summed E-state index contributed by atoms with van der Waals surface area (Å²) in [5.74, 6) is 0. The van der Waals surface area contributed by atoms with E-state index >= 15 is 0 Å². The van der Waals surface area contributed by atoms with Gasteiger partial charge in [-0.25, -0.2) is 0 Å². The number of rotatable bonds is 5. The van der Waals surface area contributed by atoms with Crippen molar-refractivity contribution < 1.29 is 0 Å². The third-order valence-corrected chi connectivity index (χ3v) is 3.53. The zero-order valence-electron chi connectivity index (χ0n) is 12.3. The molecule has 0 radical (unpaired) electrons. The lowest BCUT2D eigenvalue weighted by Gasteiger charge is -2.16. The van der Waals surface area contributed by atoms with E-state index in [0.29, 0.717) is 6.04 Å². The Morgan fingerprint density at radius 1 is 1.26 bits per heavy atom. The van der Waals surface area contributed by atoms with E-state index in [9.17, 15) is 0 Å². The van der Waals surface area contributed by atoms with E-state index in [4.69, 9.17) is 0 Å². The predicted molar refractivity (Wildman–Crippen MR) is 79.1 cm³/mol. The van der Waals surface area contributed by atoms with Gasteiger partial charge in [0.05, 0.1) is 11.4 Å². The summed E-state index contributed by atoms with van der Waals surface area (Å²) in [5, 5.41) is 8.06. The second kappa shape index (κ2) is 6.02. The van der Waals surface area contributed by atoms with Crippen molar-refractivity contribution in [1.82, 2.24) is 15.1 Å². The zero-order valence-corrected chi connectivity index (χ0v) is 12.3. The van der Waals surface area contributed by atoms with E-state index < -0.39 is 0 Å². The van der Waals surface area contributed by atoms with Gasteiger partial charge in [0.15, 0.2) is 0 Å². The van der Waals surface area contributed by atoms with Crippen LogP contribution in [0.5, 0.6) is 0 Å². The van der Waals surface area contributed by atoms with Gasteiger partial charge in [0, 0.05) is 19.1 Å². The van der Waals surface area contributed by atoms with Crippen molar-refractivity contribution in [2.75, 3.05) is 0 Å². The Labute approximate surface area is 115 Å². The van der Waals surface area contributed by atoms with Crippen LogP contribution in [0.1, 0.15) is 42.4 Å². The van der Waals surface area contributed by atoms with Crippen LogP contribution in [-0.4, -0.2) is 9.78 Å². The first-order valence-corrected chi connectivity index (χ1v) is 6.94. The molecule has 19 heavy (non-hydrogen) atoms. The minimum Gasteiger partial charge on any atom is -0.305 e. The molecular formula is C16H23N3. The lowest BCUT2D eigenvalue weighted by Crippen LogP contribution is -2.20. The smallest absolute Gasteiger partial charge is 0.0597 e. The molecule has 3 heteroatoms. The Hall–Kier alpha value is -1.61. The molecule has 2 aromatic rings. The van der Waals surface area contributed by atoms with E-state index in [1.807, 2.05) is 6.92 Å². The van der Waals surface area contributed by atoms with Gasteiger partial charge in [0.1, 0.15) is 0 Å². The molecule has 0 amide bonds. The molecule has 0 aliphatic carbocycles. The molecule has 0 aliphatic rings. The highest BCUT2D eigenvalue weighted by Crippen LogP contribution is 2.17. The molecule has 102 valence electrons. The number of nitrogens with zero attached hydrogens (tertiary/aromatic N) is 2. The van der Waals surface area contributed by atoms with E-state index in [0.717, 1.165) is 18.8 Å². The second-order valence-electron chi connectivity index (χ2n) is 5.05. The van der Waals surface area contributed by atoms with Crippen molar-refractivity contribution in [2.24, 2.45) is 0 Å². The van der Waals surface area contributed by atoms with E-state index in [1.165, 1.54) is 16.8 Å². The van der Waals surface area contributed by atoms with Gasteiger partial charge in [-0.15, -0.1) is 0 Å². The summed E-state index contributed by atoms with van der Waals surface area (Å²) in [5.41, 5.74) is 5.03. The Bertz CT molecular complexity index is 543. The summed E-state index contributed by atoms with van der Waals surface area (Å²) < 4.78 is 2.06. The van der Waals surface area contributed by atoms with Crippen molar-refractivity contribution in [1.29, 1.82) is 0 Å². The van der Waals surface area contributed by atoms with Crippen LogP contribution in [-0.2, 0) is 13.1 Å². The minimum absolute atomic E-state index is 0.349. The van der Waals surface area contributed by atoms with Gasteiger partial charge in [-0.05, 0) is 44.9 Å². The van der Waals surface area contributed by atoms with Gasteiger partial charge in [0.25, 0.3) is 0 Å². The molecule has 0 fully saturated rings. The van der Waals surface area contributed by atoms with E-state index in [-0.39, 0.29) is 0 Å². The summed E-state index contributed by atoms with van der Waals surface area (Å²) in [6, 6.07) is 11.0. The van der Waals surface area contributed by atoms with Gasteiger partial charge in [0.2, 0.25) is 0 Å². The van der Waals surface area contributed by atoms with Crippen LogP contribution in [0.3, 0.4) is 0 Å². The fourth-order valence-corrected chi connectivity index (χ4v) is 2.46. The Morgan fingerprint density at radius 2 is 2.00 bits per heavy atom. The number of benzene rings is 1. The van der Waals surface area contributed by atoms with Crippen molar-refractivity contribution in [3.05, 3.63) is 52.8 Å². The first kappa shape index (κ1) is 13.8. The molecule has 0 saturated carbocycles. The molecule has 0 aliphatic heterocycles. The quantitative estimate of drug-likeness (QED) is 0.890. The van der Waals surface area contributed by atoms with Crippen molar-refractivity contribution in [2.45, 2.75) is 46.8 Å². The molecular weight excluding hydrogens is 234 g/mol. The molecule has 1 aromatic carbocycles. The molecule has 3 nitrogen and oxygen atoms in total. The monoisotopic (exact) mass is 257 g/mol. The van der Waals surface area contributed by atoms with Crippen LogP contribution < -0.4 is 5.32 Å². The molecule has 1 unspecified atom stereocenters. The first-order valence-electron chi connectivity index (χ1n) is 6.94. The average Bonchev–Trinajstić information content (AvgIpc) is 2.77. The Kier molecular flexibility index (Phi) is 4.38. The lowest BCUT2D eigenvalue weighted by molar-refractivity contribution is 0.529. The average molecular weight is 257 g/mol. The maximum absolute atomic E-state index is 4.47. The van der Waals surface area contributed by atoms with Gasteiger partial charge < -0.3 is 5.32 Å². The predicted octanol–water partition coefficient (Wildman–Crippen LogP) is 3.37. The molecule has 0 bridgehead atoms. The number of aromatic nitrogens is 2. The Morgan fingerprint density at radius 3 is 2.68 bits per heavy atom. The Balaban J connectivity index is 2.04. The van der Waals surface area contributed by atoms with Crippen molar-refractivity contribution in [3.8, 4) is 0 Å². The molecule has 1 aromatic heterocycles. The molecule has 1 atom stereocenters. The normalized spacial score (nSPS) is 12.6. The SMILES string of the molecule is CCn1nc(C)cc1CNC(C)c1ccccc1C. The third kappa shape index (κ3) is 3.24. The van der Waals surface area contributed by atoms with Crippen LogP contribution in [0.15, 0.2) is 30.3 Å². The topological polar surface area (TPSA) is 29.9 Å². The molecule has 1 heterocycles. The second-order valence-corrected chi connectivity index (χ2v) is 5.05. The first-order chi connectivity index (χ1) is 9.11. The van der Waals surface area contributed by atoms with Gasteiger partial charge in [-0.1, -0.05) is 24.3 Å². The van der Waals surface area contributed by atoms with E-state index in [1.54, 1.807) is 0 Å². The summed E-state index contributed by atoms with van der Waals surface area (Å²) in [7, 11) is 0. The van der Waals surface area contributed by atoms with E-state index in [2.05, 4.69) is 66.2 Å². The highest BCUT2D eigenvalue weighted by atomic mass is 15.3. The van der Waals surface area contributed by atoms with Crippen LogP contribution in [0.4, 0.5) is 0 Å². The number of nitrogens with one attached hydrogen (secondary N) is 1. The molecule has 0 spiro atoms. The lowest BCUT2D eigenvalue weighted by atomic mass is 10.0. The zero-order chi connectivity index (χ0) is 13.8.